The topological polar surface area (TPSA) is 531 Å². The van der Waals surface area contributed by atoms with Gasteiger partial charge in [-0.2, -0.15) is 0 Å². The number of aliphatic hydroxyl groups excluding tert-OH is 18. The van der Waals surface area contributed by atoms with Gasteiger partial charge >= 0.3 is 5.97 Å². The smallest absolute Gasteiger partial charge is 0.317 e. The molecule has 34 heteroatoms. The van der Waals surface area contributed by atoms with Crippen molar-refractivity contribution in [1.29, 1.82) is 0 Å². The molecule has 39 atom stereocenters. The third kappa shape index (κ3) is 13.7. The van der Waals surface area contributed by atoms with Crippen molar-refractivity contribution >= 4 is 5.97 Å². The molecule has 0 unspecified atom stereocenters. The molecule has 0 bridgehead atoms. The van der Waals surface area contributed by atoms with Gasteiger partial charge in [-0.25, -0.2) is 0 Å². The van der Waals surface area contributed by atoms with Gasteiger partial charge in [0.15, 0.2) is 37.6 Å². The second-order valence-corrected chi connectivity index (χ2v) is 33.3. The monoisotopic (exact) mass is 1470 g/mol. The Balaban J connectivity index is 0.758. The van der Waals surface area contributed by atoms with E-state index < -0.39 is 281 Å². The molecule has 0 spiro atoms. The van der Waals surface area contributed by atoms with Crippen LogP contribution >= 0.6 is 0 Å². The van der Waals surface area contributed by atoms with E-state index in [9.17, 15) is 97.0 Å². The molecule has 34 nitrogen and oxygen atoms in total. The van der Waals surface area contributed by atoms with Crippen molar-refractivity contribution in [2.24, 2.45) is 50.2 Å². The average molecular weight is 1470 g/mol. The van der Waals surface area contributed by atoms with Crippen LogP contribution in [0, 0.1) is 50.2 Å². The van der Waals surface area contributed by atoms with E-state index in [1.54, 1.807) is 0 Å². The number of aliphatic hydroxyl groups is 19. The lowest BCUT2D eigenvalue weighted by Crippen LogP contribution is -2.70. The first-order valence-electron chi connectivity index (χ1n) is 35.8. The maximum atomic E-state index is 15.8. The minimum atomic E-state index is -2.22. The van der Waals surface area contributed by atoms with Gasteiger partial charge in [-0.3, -0.25) is 4.79 Å². The van der Waals surface area contributed by atoms with Crippen LogP contribution in [0.5, 0.6) is 0 Å². The first kappa shape index (κ1) is 79.5. The molecule has 11 fully saturated rings. The Bertz CT molecular complexity index is 2920. The summed E-state index contributed by atoms with van der Waals surface area (Å²) in [6.07, 6.45) is -44.1. The number of allylic oxidation sites excluding steroid dienone is 2. The summed E-state index contributed by atoms with van der Waals surface area (Å²) in [7, 11) is 0. The standard InChI is InChI=1S/C68H110O34/c1-26-49(90-22-34-43(80)50(33(74)21-89-34)98-56-46(83)40(77)31(72)19-92-56)51(99-60-53(86)67(88,24-69)25-95-60)48(85)58(96-26)100-52-41(78)32(73)20-93-59(52)102-61(87)68-14-13-62(2,3)15-28(68)27-9-10-37-64(6)16-29(70)54(63(4,5)36(64)11-12-65(37,7)66(27,8)17-38(68)75)101-57-47(84)44(81)42(79)35(97-57)23-94-55-45(82)39(76)30(71)18-91-55/h9,26,28-60,69-86,88H,10-25H2,1-8H3/t26-,28-,29-,30-,31+,32+,33-,34-,35+,36-,37+,38+,39-,40-,41-,42+,43-,44-,45+,46+,47+,48+,49-,50-,51-,52+,53-,54-,55-,56-,57-,58-,59-,60-,64-,65+,66+,67+,68+/m0/s1. The Morgan fingerprint density at radius 2 is 1.10 bits per heavy atom. The average Bonchev–Trinajstić information content (AvgIpc) is 0.710. The molecule has 19 N–H and O–H groups in total. The molecule has 0 amide bonds. The zero-order chi connectivity index (χ0) is 74.2. The number of carbonyl (C=O) groups excluding carboxylic acids is 1. The molecule has 0 aromatic carbocycles. The SMILES string of the molecule is C[C@@H]1O[C@@H](O[C@H]2[C@H](OC(=O)[C@]34CCC(C)(C)C[C@H]3C3=CC[C@@H]5[C@@]6(C)C[C@H](O)[C@H](O[C@@H]7O[C@H](CO[C@@H]8OC[C@H](O)[C@H](O)[C@H]8O)[C@@H](O)[C@H](O)[C@H]7O)C(C)(C)[C@@H]6CC[C@@]5(C)[C@]3(C)C[C@H]4O)OC[C@@H](O)[C@@H]2O)[C@H](O)[C@H](O[C@@H]2OC[C@](O)(CO)[C@H]2O)[C@H]1OC[C@@H]1OC[C@H](O)[C@H](O[C@@H]2OC[C@@H](O)[C@H](O)[C@H]2O)[C@H]1O. The third-order valence-corrected chi connectivity index (χ3v) is 26.1. The van der Waals surface area contributed by atoms with Crippen LogP contribution in [0.2, 0.25) is 0 Å². The van der Waals surface area contributed by atoms with E-state index in [-0.39, 0.29) is 43.1 Å². The second kappa shape index (κ2) is 29.6. The van der Waals surface area contributed by atoms with E-state index in [0.29, 0.717) is 32.1 Å². The fraction of sp³-hybridized carbons (Fsp3) is 0.956. The van der Waals surface area contributed by atoms with Gasteiger partial charge in [0.1, 0.15) is 133 Å². The minimum Gasteiger partial charge on any atom is -0.432 e. The Hall–Kier alpha value is -2.07. The lowest BCUT2D eigenvalue weighted by Gasteiger charge is -2.72. The molecule has 5 aliphatic carbocycles. The van der Waals surface area contributed by atoms with Gasteiger partial charge in [-0.1, -0.05) is 60.1 Å². The van der Waals surface area contributed by atoms with E-state index in [0.717, 1.165) is 5.57 Å². The predicted molar refractivity (Wildman–Crippen MR) is 337 cm³/mol. The van der Waals surface area contributed by atoms with E-state index in [4.69, 9.17) is 66.3 Å². The van der Waals surface area contributed by atoms with Gasteiger partial charge in [0.25, 0.3) is 0 Å². The van der Waals surface area contributed by atoms with Crippen molar-refractivity contribution in [2.45, 2.75) is 303 Å². The summed E-state index contributed by atoms with van der Waals surface area (Å²) in [5, 5.41) is 210. The molecule has 0 aromatic rings. The van der Waals surface area contributed by atoms with Crippen LogP contribution in [0.1, 0.15) is 107 Å². The number of esters is 1. The normalized spacial score (nSPS) is 54.6. The van der Waals surface area contributed by atoms with Crippen LogP contribution in [0.15, 0.2) is 11.6 Å². The van der Waals surface area contributed by atoms with Gasteiger partial charge in [-0.05, 0) is 103 Å². The highest BCUT2D eigenvalue weighted by Gasteiger charge is 2.73. The van der Waals surface area contributed by atoms with Crippen molar-refractivity contribution < 1.29 is 168 Å². The number of rotatable bonds is 17. The number of hydrogen-bond donors (Lipinski definition) is 19. The highest BCUT2D eigenvalue weighted by Crippen LogP contribution is 2.76. The fourth-order valence-electron chi connectivity index (χ4n) is 19.9. The highest BCUT2D eigenvalue weighted by molar-refractivity contribution is 5.80. The quantitative estimate of drug-likeness (QED) is 0.0366. The molecule has 12 rings (SSSR count). The van der Waals surface area contributed by atoms with Crippen LogP contribution < -0.4 is 0 Å². The first-order valence-corrected chi connectivity index (χ1v) is 35.8. The molecule has 7 heterocycles. The summed E-state index contributed by atoms with van der Waals surface area (Å²) in [6, 6.07) is 0. The molecule has 586 valence electrons. The van der Waals surface area contributed by atoms with E-state index in [2.05, 4.69) is 40.7 Å². The van der Waals surface area contributed by atoms with Gasteiger partial charge in [0, 0.05) is 0 Å². The van der Waals surface area contributed by atoms with Crippen molar-refractivity contribution in [3.63, 3.8) is 0 Å². The molecule has 102 heavy (non-hydrogen) atoms. The number of hydrogen-bond acceptors (Lipinski definition) is 34. The van der Waals surface area contributed by atoms with Crippen molar-refractivity contribution in [1.82, 2.24) is 0 Å². The van der Waals surface area contributed by atoms with Crippen molar-refractivity contribution in [2.75, 3.05) is 52.9 Å². The third-order valence-electron chi connectivity index (χ3n) is 26.1. The summed E-state index contributed by atoms with van der Waals surface area (Å²) in [6.45, 7) is 11.7. The molecular weight excluding hydrogens is 1360 g/mol. The maximum Gasteiger partial charge on any atom is 0.317 e. The summed E-state index contributed by atoms with van der Waals surface area (Å²) >= 11 is 0. The Morgan fingerprint density at radius 1 is 0.510 bits per heavy atom. The molecule has 7 saturated heterocycles. The number of carbonyl (C=O) groups is 1. The van der Waals surface area contributed by atoms with Crippen LogP contribution in [0.4, 0.5) is 0 Å². The van der Waals surface area contributed by atoms with Gasteiger partial charge < -0.3 is 163 Å². The highest BCUT2D eigenvalue weighted by atomic mass is 16.8. The zero-order valence-corrected chi connectivity index (χ0v) is 58.6. The summed E-state index contributed by atoms with van der Waals surface area (Å²) < 4.78 is 83.4. The zero-order valence-electron chi connectivity index (χ0n) is 58.6. The summed E-state index contributed by atoms with van der Waals surface area (Å²) in [5.41, 5.74) is -5.98. The largest absolute Gasteiger partial charge is 0.432 e. The number of ether oxygens (including phenoxy) is 14. The molecular formula is C68H110O34. The van der Waals surface area contributed by atoms with Crippen LogP contribution in [-0.4, -0.2) is 352 Å². The Morgan fingerprint density at radius 3 is 1.76 bits per heavy atom. The molecule has 0 radical (unpaired) electrons. The van der Waals surface area contributed by atoms with E-state index in [1.807, 2.05) is 13.8 Å². The van der Waals surface area contributed by atoms with E-state index >= 15 is 4.79 Å². The molecule has 4 saturated carbocycles. The molecule has 12 aliphatic rings. The number of fused-ring (bicyclic) bond motifs is 7. The first-order chi connectivity index (χ1) is 47.8. The maximum absolute atomic E-state index is 15.8. The lowest BCUT2D eigenvalue weighted by atomic mass is 9.33. The van der Waals surface area contributed by atoms with Gasteiger partial charge in [0.05, 0.1) is 77.3 Å². The molecule has 0 aromatic heterocycles. The van der Waals surface area contributed by atoms with Crippen molar-refractivity contribution in [3.8, 4) is 0 Å². The lowest BCUT2D eigenvalue weighted by molar-refractivity contribution is -0.367. The van der Waals surface area contributed by atoms with Crippen LogP contribution in [-0.2, 0) is 71.1 Å². The molecule has 7 aliphatic heterocycles. The van der Waals surface area contributed by atoms with Crippen LogP contribution in [0.3, 0.4) is 0 Å². The van der Waals surface area contributed by atoms with Gasteiger partial charge in [-0.15, -0.1) is 0 Å². The predicted octanol–water partition coefficient (Wildman–Crippen LogP) is -6.35. The minimum absolute atomic E-state index is 0.103. The Kier molecular flexibility index (Phi) is 23.1. The fourth-order valence-corrected chi connectivity index (χ4v) is 19.9. The second-order valence-electron chi connectivity index (χ2n) is 33.3. The van der Waals surface area contributed by atoms with Crippen LogP contribution in [0.25, 0.3) is 0 Å². The Labute approximate surface area is 589 Å². The van der Waals surface area contributed by atoms with Gasteiger partial charge in [0.2, 0.25) is 6.29 Å². The summed E-state index contributed by atoms with van der Waals surface area (Å²) in [5.74, 6) is -1.75. The van der Waals surface area contributed by atoms with Crippen molar-refractivity contribution in [3.05, 3.63) is 11.6 Å². The summed E-state index contributed by atoms with van der Waals surface area (Å²) in [4.78, 5) is 15.8. The van der Waals surface area contributed by atoms with E-state index in [1.165, 1.54) is 6.92 Å².